The number of nitrogens with zero attached hydrogens (tertiary/aromatic N) is 1. The highest BCUT2D eigenvalue weighted by molar-refractivity contribution is 7.47. The van der Waals surface area contributed by atoms with Crippen molar-refractivity contribution in [2.24, 2.45) is 0 Å². The van der Waals surface area contributed by atoms with Crippen molar-refractivity contribution in [3.63, 3.8) is 0 Å². The first kappa shape index (κ1) is 57.4. The number of likely N-dealkylation sites (N-methyl/N-ethyl adjacent to an activating group) is 1. The SMILES string of the molecule is CC/C=C\C/C=C\C/C=C\C/C=C\C=C\C(O)CCCC(=O)O[C@H](COC(=O)CC/C=C\C/C=C\C/C=C\C/C=C\C/C=C\CCCCC)COP(=O)(O)OCC[N+](C)(C)C. The number of allylic oxidation sites excluding steroid dienone is 19. The van der Waals surface area contributed by atoms with Crippen LogP contribution in [-0.4, -0.2) is 86.1 Å². The Hall–Kier alpha value is -3.63. The maximum Gasteiger partial charge on any atom is 0.472 e. The van der Waals surface area contributed by atoms with Gasteiger partial charge in [0, 0.05) is 12.8 Å². The monoisotopic (exact) mass is 871 g/mol. The zero-order valence-corrected chi connectivity index (χ0v) is 39.1. The number of aliphatic hydroxyl groups is 1. The average molecular weight is 871 g/mol. The second-order valence-electron chi connectivity index (χ2n) is 15.5. The molecule has 0 aliphatic carbocycles. The lowest BCUT2D eigenvalue weighted by Gasteiger charge is -2.24. The predicted octanol–water partition coefficient (Wildman–Crippen LogP) is 11.9. The van der Waals surface area contributed by atoms with E-state index >= 15 is 0 Å². The number of unbranched alkanes of at least 4 members (excludes halogenated alkanes) is 3. The third-order valence-electron chi connectivity index (χ3n) is 8.59. The molecule has 0 aromatic carbocycles. The molecule has 2 unspecified atom stereocenters. The van der Waals surface area contributed by atoms with Gasteiger partial charge < -0.3 is 24.0 Å². The van der Waals surface area contributed by atoms with Crippen molar-refractivity contribution >= 4 is 19.8 Å². The van der Waals surface area contributed by atoms with Crippen LogP contribution in [0.4, 0.5) is 0 Å². The molecular formula is C50H81NO9P+. The van der Waals surface area contributed by atoms with Gasteiger partial charge in [-0.1, -0.05) is 148 Å². The fraction of sp³-hybridized carbons (Fsp3) is 0.560. The second-order valence-corrected chi connectivity index (χ2v) is 17.0. The van der Waals surface area contributed by atoms with Gasteiger partial charge in [-0.15, -0.1) is 0 Å². The van der Waals surface area contributed by atoms with E-state index in [1.165, 1.54) is 25.7 Å². The van der Waals surface area contributed by atoms with Gasteiger partial charge in [0.05, 0.1) is 33.9 Å². The minimum Gasteiger partial charge on any atom is -0.462 e. The van der Waals surface area contributed by atoms with Gasteiger partial charge in [-0.05, 0) is 83.5 Å². The lowest BCUT2D eigenvalue weighted by molar-refractivity contribution is -0.870. The number of quaternary nitrogens is 1. The number of rotatable bonds is 38. The summed E-state index contributed by atoms with van der Waals surface area (Å²) < 4.78 is 34.0. The molecule has 0 aromatic heterocycles. The molecule has 0 bridgehead atoms. The summed E-state index contributed by atoms with van der Waals surface area (Å²) in [4.78, 5) is 35.4. The molecule has 3 atom stereocenters. The van der Waals surface area contributed by atoms with Crippen LogP contribution in [0.5, 0.6) is 0 Å². The fourth-order valence-corrected chi connectivity index (χ4v) is 5.82. The summed E-state index contributed by atoms with van der Waals surface area (Å²) in [6.45, 7) is 3.93. The van der Waals surface area contributed by atoms with Gasteiger partial charge in [0.15, 0.2) is 6.10 Å². The van der Waals surface area contributed by atoms with Gasteiger partial charge in [-0.25, -0.2) is 4.57 Å². The number of hydrogen-bond acceptors (Lipinski definition) is 8. The summed E-state index contributed by atoms with van der Waals surface area (Å²) in [6.07, 6.45) is 53.0. The topological polar surface area (TPSA) is 129 Å². The second kappa shape index (κ2) is 40.4. The van der Waals surface area contributed by atoms with Gasteiger partial charge in [0.1, 0.15) is 19.8 Å². The number of hydrogen-bond donors (Lipinski definition) is 2. The first-order chi connectivity index (χ1) is 29.4. The van der Waals surface area contributed by atoms with E-state index in [9.17, 15) is 24.2 Å². The van der Waals surface area contributed by atoms with E-state index in [4.69, 9.17) is 18.5 Å². The van der Waals surface area contributed by atoms with Crippen molar-refractivity contribution in [1.82, 2.24) is 0 Å². The molecule has 0 fully saturated rings. The Balaban J connectivity index is 4.69. The minimum absolute atomic E-state index is 0.0136. The van der Waals surface area contributed by atoms with E-state index in [-0.39, 0.29) is 26.1 Å². The van der Waals surface area contributed by atoms with Crippen molar-refractivity contribution in [3.8, 4) is 0 Å². The lowest BCUT2D eigenvalue weighted by Crippen LogP contribution is -2.37. The molecule has 2 N–H and O–H groups in total. The molecule has 0 aliphatic heterocycles. The number of aliphatic hydroxyl groups excluding tert-OH is 1. The van der Waals surface area contributed by atoms with Crippen molar-refractivity contribution in [1.29, 1.82) is 0 Å². The van der Waals surface area contributed by atoms with Gasteiger partial charge in [-0.3, -0.25) is 18.6 Å². The van der Waals surface area contributed by atoms with Crippen molar-refractivity contribution in [2.45, 2.75) is 135 Å². The van der Waals surface area contributed by atoms with Gasteiger partial charge in [0.2, 0.25) is 0 Å². The molecule has 0 spiro atoms. The molecule has 0 aliphatic rings. The van der Waals surface area contributed by atoms with Crippen LogP contribution >= 0.6 is 7.82 Å². The van der Waals surface area contributed by atoms with E-state index in [0.717, 1.165) is 51.4 Å². The Morgan fingerprint density at radius 2 is 1.13 bits per heavy atom. The first-order valence-electron chi connectivity index (χ1n) is 22.4. The summed E-state index contributed by atoms with van der Waals surface area (Å²) in [6, 6.07) is 0. The highest BCUT2D eigenvalue weighted by atomic mass is 31.2. The summed E-state index contributed by atoms with van der Waals surface area (Å²) in [7, 11) is 1.30. The van der Waals surface area contributed by atoms with Gasteiger partial charge in [-0.2, -0.15) is 0 Å². The predicted molar refractivity (Wildman–Crippen MR) is 253 cm³/mol. The normalized spacial score (nSPS) is 15.2. The molecule has 0 radical (unpaired) electrons. The largest absolute Gasteiger partial charge is 0.472 e. The van der Waals surface area contributed by atoms with Gasteiger partial charge in [0.25, 0.3) is 0 Å². The lowest BCUT2D eigenvalue weighted by atomic mass is 10.1. The average Bonchev–Trinajstić information content (AvgIpc) is 3.21. The maximum absolute atomic E-state index is 12.7. The molecule has 0 saturated carbocycles. The summed E-state index contributed by atoms with van der Waals surface area (Å²) in [5, 5.41) is 10.3. The van der Waals surface area contributed by atoms with Crippen LogP contribution in [-0.2, 0) is 32.7 Å². The van der Waals surface area contributed by atoms with Crippen LogP contribution in [0.25, 0.3) is 0 Å². The number of ether oxygens (including phenoxy) is 2. The van der Waals surface area contributed by atoms with E-state index in [0.29, 0.717) is 30.3 Å². The maximum atomic E-state index is 12.7. The fourth-order valence-electron chi connectivity index (χ4n) is 5.08. The molecule has 61 heavy (non-hydrogen) atoms. The highest BCUT2D eigenvalue weighted by Gasteiger charge is 2.27. The van der Waals surface area contributed by atoms with Crippen LogP contribution < -0.4 is 0 Å². The van der Waals surface area contributed by atoms with E-state index < -0.39 is 38.6 Å². The molecule has 10 nitrogen and oxygen atoms in total. The van der Waals surface area contributed by atoms with Crippen LogP contribution in [0.3, 0.4) is 0 Å². The van der Waals surface area contributed by atoms with Crippen LogP contribution in [0.1, 0.15) is 123 Å². The quantitative estimate of drug-likeness (QED) is 0.0156. The van der Waals surface area contributed by atoms with Crippen LogP contribution in [0.15, 0.2) is 122 Å². The van der Waals surface area contributed by atoms with Crippen molar-refractivity contribution in [3.05, 3.63) is 122 Å². The third-order valence-corrected chi connectivity index (χ3v) is 9.58. The summed E-state index contributed by atoms with van der Waals surface area (Å²) in [5.74, 6) is -1.11. The smallest absolute Gasteiger partial charge is 0.462 e. The van der Waals surface area contributed by atoms with Crippen LogP contribution in [0.2, 0.25) is 0 Å². The van der Waals surface area contributed by atoms with Crippen molar-refractivity contribution < 1.29 is 47.2 Å². The molecule has 344 valence electrons. The standard InChI is InChI=1S/C50H80NO9P/c1-6-8-10-12-14-16-18-20-21-22-23-24-25-27-29-31-33-35-37-41-49(53)57-45-48(46-59-61(55,56)58-44-43-51(3,4)5)60-50(54)42-38-40-47(52)39-36-34-32-30-28-26-19-17-15-13-11-9-7-2/h9,11,14-17,20-21,23-24,26-29,32-36,39,47-48,52H,6-8,10,12-13,18-19,22,25,30-31,37-38,40-46H2,1-5H3/p+1/b11-9-,16-14-,17-15-,21-20-,24-23-,28-26-,29-27-,34-32-,35-33-,39-36+/t47?,48-/m1/s1. The third kappa shape index (κ3) is 44.2. The highest BCUT2D eigenvalue weighted by Crippen LogP contribution is 2.43. The number of carbonyl (C=O) groups excluding carboxylic acids is 2. The van der Waals surface area contributed by atoms with E-state index in [1.54, 1.807) is 12.2 Å². The molecule has 0 saturated heterocycles. The zero-order valence-electron chi connectivity index (χ0n) is 38.2. The number of carbonyl (C=O) groups is 2. The van der Waals surface area contributed by atoms with Crippen LogP contribution in [0, 0.1) is 0 Å². The zero-order chi connectivity index (χ0) is 45.1. The summed E-state index contributed by atoms with van der Waals surface area (Å²) in [5.41, 5.74) is 0. The molecule has 0 rings (SSSR count). The minimum atomic E-state index is -4.46. The molecular weight excluding hydrogens is 790 g/mol. The Morgan fingerprint density at radius 1 is 0.607 bits per heavy atom. The number of phosphoric acid groups is 1. The van der Waals surface area contributed by atoms with E-state index in [1.807, 2.05) is 45.4 Å². The first-order valence-corrected chi connectivity index (χ1v) is 23.9. The summed E-state index contributed by atoms with van der Waals surface area (Å²) >= 11 is 0. The Kier molecular flexibility index (Phi) is 38.0. The molecule has 0 heterocycles. The number of esters is 2. The van der Waals surface area contributed by atoms with Gasteiger partial charge >= 0.3 is 19.8 Å². The van der Waals surface area contributed by atoms with Crippen molar-refractivity contribution in [2.75, 3.05) is 47.5 Å². The Morgan fingerprint density at radius 3 is 1.67 bits per heavy atom. The molecule has 0 aromatic rings. The Bertz CT molecular complexity index is 1460. The molecule has 0 amide bonds. The Labute approximate surface area is 370 Å². The number of phosphoric ester groups is 1. The molecule has 11 heteroatoms. The van der Waals surface area contributed by atoms with E-state index in [2.05, 4.69) is 98.9 Å².